The highest BCUT2D eigenvalue weighted by Gasteiger charge is 2.17. The second kappa shape index (κ2) is 4.78. The maximum Gasteiger partial charge on any atom is 0.344 e. The first-order chi connectivity index (χ1) is 8.54. The number of fused-ring (bicyclic) bond motifs is 1. The van der Waals surface area contributed by atoms with Crippen molar-refractivity contribution < 1.29 is 14.6 Å². The maximum absolute atomic E-state index is 11.7. The smallest absolute Gasteiger partial charge is 0.344 e. The number of hydrogen-bond donors (Lipinski definition) is 2. The fourth-order valence-corrected chi connectivity index (χ4v) is 2.07. The van der Waals surface area contributed by atoms with Crippen LogP contribution in [0.4, 0.5) is 0 Å². The Labute approximate surface area is 109 Å². The lowest BCUT2D eigenvalue weighted by Gasteiger charge is -2.08. The maximum atomic E-state index is 11.7. The third-order valence-corrected chi connectivity index (χ3v) is 2.93. The minimum absolute atomic E-state index is 0.0185. The number of ether oxygens (including phenoxy) is 1. The summed E-state index contributed by atoms with van der Waals surface area (Å²) in [5.74, 6) is -0.740. The van der Waals surface area contributed by atoms with E-state index in [1.165, 1.54) is 0 Å². The zero-order chi connectivity index (χ0) is 13.3. The molecule has 0 saturated heterocycles. The summed E-state index contributed by atoms with van der Waals surface area (Å²) in [6, 6.07) is 5.50. The summed E-state index contributed by atoms with van der Waals surface area (Å²) >= 11 is 5.07. The van der Waals surface area contributed by atoms with Gasteiger partial charge in [-0.2, -0.15) is 0 Å². The number of rotatable bonds is 2. The summed E-state index contributed by atoms with van der Waals surface area (Å²) < 4.78 is 5.07. The van der Waals surface area contributed by atoms with Crippen molar-refractivity contribution in [3.8, 4) is 5.75 Å². The van der Waals surface area contributed by atoms with Gasteiger partial charge >= 0.3 is 5.97 Å². The number of benzene rings is 1. The van der Waals surface area contributed by atoms with Crippen molar-refractivity contribution in [2.24, 2.45) is 0 Å². The number of aromatic hydroxyl groups is 1. The Morgan fingerprint density at radius 2 is 2.22 bits per heavy atom. The fourth-order valence-electron chi connectivity index (χ4n) is 1.78. The van der Waals surface area contributed by atoms with Gasteiger partial charge in [-0.1, -0.05) is 23.8 Å². The van der Waals surface area contributed by atoms with Crippen molar-refractivity contribution in [2.45, 2.75) is 13.8 Å². The predicted octanol–water partition coefficient (Wildman–Crippen LogP) is 3.09. The number of aromatic nitrogens is 1. The largest absolute Gasteiger partial charge is 0.506 e. The molecular weight excluding hydrogens is 250 g/mol. The van der Waals surface area contributed by atoms with Gasteiger partial charge in [0.2, 0.25) is 0 Å². The molecule has 0 aliphatic carbocycles. The summed E-state index contributed by atoms with van der Waals surface area (Å²) in [4.78, 5) is 14.7. The molecule has 0 radical (unpaired) electrons. The monoisotopic (exact) mass is 263 g/mol. The quantitative estimate of drug-likeness (QED) is 0.645. The van der Waals surface area contributed by atoms with Crippen LogP contribution in [-0.2, 0) is 4.74 Å². The van der Waals surface area contributed by atoms with E-state index in [9.17, 15) is 9.90 Å². The van der Waals surface area contributed by atoms with Gasteiger partial charge in [0, 0.05) is 5.39 Å². The Hall–Kier alpha value is -1.88. The first-order valence-corrected chi connectivity index (χ1v) is 5.98. The average molecular weight is 263 g/mol. The standard InChI is InChI=1S/C13H13NO3S/c1-3-17-13(16)10-11(15)8-6-7(2)4-5-9(8)14-12(10)18/h4-6H,3H2,1-2H3,(H2,14,15,18). The minimum atomic E-state index is -0.611. The van der Waals surface area contributed by atoms with Gasteiger partial charge in [0.15, 0.2) is 0 Å². The predicted molar refractivity (Wildman–Crippen MR) is 71.5 cm³/mol. The molecule has 0 atom stereocenters. The Bertz CT molecular complexity index is 676. The lowest BCUT2D eigenvalue weighted by atomic mass is 10.1. The molecule has 0 spiro atoms. The average Bonchev–Trinajstić information content (AvgIpc) is 2.31. The minimum Gasteiger partial charge on any atom is -0.506 e. The van der Waals surface area contributed by atoms with Crippen LogP contribution in [0.3, 0.4) is 0 Å². The second-order valence-electron chi connectivity index (χ2n) is 3.95. The van der Waals surface area contributed by atoms with E-state index in [-0.39, 0.29) is 22.6 Å². The van der Waals surface area contributed by atoms with Crippen molar-refractivity contribution >= 4 is 29.1 Å². The molecule has 4 nitrogen and oxygen atoms in total. The van der Waals surface area contributed by atoms with E-state index >= 15 is 0 Å². The van der Waals surface area contributed by atoms with Crippen LogP contribution in [0, 0.1) is 11.6 Å². The van der Waals surface area contributed by atoms with Crippen LogP contribution < -0.4 is 0 Å². The van der Waals surface area contributed by atoms with Crippen LogP contribution in [0.25, 0.3) is 10.9 Å². The van der Waals surface area contributed by atoms with Gasteiger partial charge in [0.25, 0.3) is 0 Å². The number of pyridine rings is 1. The lowest BCUT2D eigenvalue weighted by molar-refractivity contribution is 0.0522. The summed E-state index contributed by atoms with van der Waals surface area (Å²) in [6.07, 6.45) is 0. The molecule has 18 heavy (non-hydrogen) atoms. The van der Waals surface area contributed by atoms with E-state index in [4.69, 9.17) is 17.0 Å². The van der Waals surface area contributed by atoms with Crippen molar-refractivity contribution in [2.75, 3.05) is 6.61 Å². The van der Waals surface area contributed by atoms with Gasteiger partial charge in [-0.05, 0) is 26.0 Å². The molecule has 1 heterocycles. The normalized spacial score (nSPS) is 10.6. The topological polar surface area (TPSA) is 62.3 Å². The van der Waals surface area contributed by atoms with Gasteiger partial charge < -0.3 is 14.8 Å². The highest BCUT2D eigenvalue weighted by Crippen LogP contribution is 2.29. The molecular formula is C13H13NO3S. The first kappa shape index (κ1) is 12.6. The SMILES string of the molecule is CCOC(=O)c1c(O)c2cc(C)ccc2[nH]c1=S. The number of hydrogen-bond acceptors (Lipinski definition) is 4. The van der Waals surface area contributed by atoms with Crippen molar-refractivity contribution in [1.82, 2.24) is 4.98 Å². The molecule has 94 valence electrons. The Morgan fingerprint density at radius 3 is 2.89 bits per heavy atom. The van der Waals surface area contributed by atoms with Gasteiger partial charge in [0.05, 0.1) is 12.1 Å². The second-order valence-corrected chi connectivity index (χ2v) is 4.36. The van der Waals surface area contributed by atoms with E-state index in [2.05, 4.69) is 4.98 Å². The summed E-state index contributed by atoms with van der Waals surface area (Å²) in [6.45, 7) is 3.84. The molecule has 1 aromatic heterocycles. The van der Waals surface area contributed by atoms with Crippen LogP contribution in [0.2, 0.25) is 0 Å². The highest BCUT2D eigenvalue weighted by atomic mass is 32.1. The van der Waals surface area contributed by atoms with E-state index in [0.717, 1.165) is 5.56 Å². The summed E-state index contributed by atoms with van der Waals surface area (Å²) in [7, 11) is 0. The Balaban J connectivity index is 2.75. The third-order valence-electron chi connectivity index (χ3n) is 2.62. The number of esters is 1. The number of carbonyl (C=O) groups is 1. The number of H-pyrrole nitrogens is 1. The van der Waals surface area contributed by atoms with E-state index in [1.807, 2.05) is 19.1 Å². The number of carbonyl (C=O) groups excluding carboxylic acids is 1. The molecule has 0 unspecified atom stereocenters. The van der Waals surface area contributed by atoms with Gasteiger partial charge in [-0.25, -0.2) is 4.79 Å². The molecule has 2 N–H and O–H groups in total. The van der Waals surface area contributed by atoms with Crippen LogP contribution in [0.1, 0.15) is 22.8 Å². The fraction of sp³-hybridized carbons (Fsp3) is 0.231. The molecule has 0 saturated carbocycles. The van der Waals surface area contributed by atoms with Crippen LogP contribution >= 0.6 is 12.2 Å². The zero-order valence-corrected chi connectivity index (χ0v) is 10.9. The van der Waals surface area contributed by atoms with E-state index in [0.29, 0.717) is 10.9 Å². The molecule has 5 heteroatoms. The summed E-state index contributed by atoms with van der Waals surface area (Å²) in [5, 5.41) is 10.7. The molecule has 0 amide bonds. The zero-order valence-electron chi connectivity index (χ0n) is 10.1. The van der Waals surface area contributed by atoms with Gasteiger partial charge in [-0.3, -0.25) is 0 Å². The lowest BCUT2D eigenvalue weighted by Crippen LogP contribution is -2.07. The van der Waals surface area contributed by atoms with Gasteiger partial charge in [0.1, 0.15) is 16.0 Å². The molecule has 2 rings (SSSR count). The number of nitrogens with one attached hydrogen (secondary N) is 1. The van der Waals surface area contributed by atoms with Crippen molar-refractivity contribution in [3.05, 3.63) is 34.0 Å². The molecule has 0 bridgehead atoms. The third kappa shape index (κ3) is 2.09. The molecule has 0 aliphatic heterocycles. The van der Waals surface area contributed by atoms with Gasteiger partial charge in [-0.15, -0.1) is 0 Å². The Morgan fingerprint density at radius 1 is 1.50 bits per heavy atom. The van der Waals surface area contributed by atoms with Crippen LogP contribution in [-0.4, -0.2) is 22.7 Å². The molecule has 0 fully saturated rings. The Kier molecular flexibility index (Phi) is 3.34. The van der Waals surface area contributed by atoms with Crippen LogP contribution in [0.5, 0.6) is 5.75 Å². The van der Waals surface area contributed by atoms with Crippen LogP contribution in [0.15, 0.2) is 18.2 Å². The van der Waals surface area contributed by atoms with Crippen molar-refractivity contribution in [1.29, 1.82) is 0 Å². The molecule has 2 aromatic rings. The highest BCUT2D eigenvalue weighted by molar-refractivity contribution is 7.71. The van der Waals surface area contributed by atoms with E-state index in [1.54, 1.807) is 13.0 Å². The number of aryl methyl sites for hydroxylation is 1. The van der Waals surface area contributed by atoms with Crippen molar-refractivity contribution in [3.63, 3.8) is 0 Å². The van der Waals surface area contributed by atoms with E-state index < -0.39 is 5.97 Å². The molecule has 1 aromatic carbocycles. The molecule has 0 aliphatic rings. The number of aromatic amines is 1. The summed E-state index contributed by atoms with van der Waals surface area (Å²) in [5.41, 5.74) is 1.69. The first-order valence-electron chi connectivity index (χ1n) is 5.57.